The molecule has 0 atom stereocenters. The van der Waals surface area contributed by atoms with Crippen LogP contribution in [0.4, 0.5) is 11.4 Å². The third-order valence-corrected chi connectivity index (χ3v) is 7.60. The highest BCUT2D eigenvalue weighted by Gasteiger charge is 2.19. The van der Waals surface area contributed by atoms with Gasteiger partial charge in [-0.1, -0.05) is 48.5 Å². The van der Waals surface area contributed by atoms with Gasteiger partial charge in [-0.05, 0) is 66.2 Å². The standard InChI is InChI=1S/C28H24N4O4S/c1-19-26(28(34)32(31(19)2)24-10-4-3-5-11-24)29-27(33)21-12-15-23(16-13-21)30-37(35,36)25-17-14-20-8-6-7-9-22(20)18-25/h3-18,30H,1-2H3,(H,29,33). The molecule has 9 heteroatoms. The predicted octanol–water partition coefficient (Wildman–Crippen LogP) is 4.69. The minimum absolute atomic E-state index is 0.141. The van der Waals surface area contributed by atoms with Crippen molar-refractivity contribution in [2.24, 2.45) is 7.05 Å². The van der Waals surface area contributed by atoms with E-state index < -0.39 is 15.9 Å². The van der Waals surface area contributed by atoms with Crippen molar-refractivity contribution in [3.8, 4) is 5.69 Å². The molecule has 0 bridgehead atoms. The predicted molar refractivity (Wildman–Crippen MR) is 145 cm³/mol. The summed E-state index contributed by atoms with van der Waals surface area (Å²) in [6, 6.07) is 27.6. The maximum atomic E-state index is 13.1. The second-order valence-corrected chi connectivity index (χ2v) is 10.3. The van der Waals surface area contributed by atoms with Crippen molar-refractivity contribution in [2.75, 3.05) is 10.0 Å². The van der Waals surface area contributed by atoms with E-state index in [1.165, 1.54) is 28.9 Å². The first-order valence-corrected chi connectivity index (χ1v) is 13.0. The summed E-state index contributed by atoms with van der Waals surface area (Å²) in [5, 5.41) is 4.47. The average Bonchev–Trinajstić information content (AvgIpc) is 3.12. The Bertz CT molecular complexity index is 1790. The fourth-order valence-corrected chi connectivity index (χ4v) is 5.23. The molecule has 0 fully saturated rings. The lowest BCUT2D eigenvalue weighted by Gasteiger charge is -2.10. The van der Waals surface area contributed by atoms with E-state index in [-0.39, 0.29) is 21.7 Å². The monoisotopic (exact) mass is 512 g/mol. The lowest BCUT2D eigenvalue weighted by molar-refractivity contribution is 0.102. The lowest BCUT2D eigenvalue weighted by Crippen LogP contribution is -2.23. The number of para-hydroxylation sites is 1. The maximum absolute atomic E-state index is 13.1. The Balaban J connectivity index is 1.34. The van der Waals surface area contributed by atoms with E-state index in [2.05, 4.69) is 10.0 Å². The number of fused-ring (bicyclic) bond motifs is 1. The molecular formula is C28H24N4O4S. The van der Waals surface area contributed by atoms with Crippen LogP contribution in [0.3, 0.4) is 0 Å². The number of aromatic nitrogens is 2. The van der Waals surface area contributed by atoms with E-state index in [1.54, 1.807) is 36.9 Å². The summed E-state index contributed by atoms with van der Waals surface area (Å²) in [7, 11) is -2.08. The number of sulfonamides is 1. The molecule has 37 heavy (non-hydrogen) atoms. The van der Waals surface area contributed by atoms with Crippen molar-refractivity contribution in [1.82, 2.24) is 9.36 Å². The maximum Gasteiger partial charge on any atom is 0.295 e. The number of nitrogens with zero attached hydrogens (tertiary/aromatic N) is 2. The first-order chi connectivity index (χ1) is 17.7. The van der Waals surface area contributed by atoms with Gasteiger partial charge in [0.1, 0.15) is 5.69 Å². The largest absolute Gasteiger partial charge is 0.316 e. The van der Waals surface area contributed by atoms with Crippen LogP contribution in [0, 0.1) is 6.92 Å². The lowest BCUT2D eigenvalue weighted by atomic mass is 10.1. The Hall–Kier alpha value is -4.63. The van der Waals surface area contributed by atoms with Gasteiger partial charge in [0.05, 0.1) is 16.3 Å². The Morgan fingerprint density at radius 2 is 1.46 bits per heavy atom. The molecule has 0 aliphatic rings. The molecule has 5 rings (SSSR count). The molecule has 186 valence electrons. The van der Waals surface area contributed by atoms with Crippen molar-refractivity contribution < 1.29 is 13.2 Å². The minimum atomic E-state index is -3.82. The van der Waals surface area contributed by atoms with Gasteiger partial charge in [-0.25, -0.2) is 13.1 Å². The molecule has 0 saturated carbocycles. The molecule has 0 saturated heterocycles. The fourth-order valence-electron chi connectivity index (χ4n) is 4.14. The summed E-state index contributed by atoms with van der Waals surface area (Å²) < 4.78 is 31.5. The number of hydrogen-bond acceptors (Lipinski definition) is 4. The molecule has 0 aliphatic carbocycles. The summed E-state index contributed by atoms with van der Waals surface area (Å²) in [5.41, 5.74) is 1.70. The van der Waals surface area contributed by atoms with Crippen molar-refractivity contribution in [3.05, 3.63) is 119 Å². The van der Waals surface area contributed by atoms with Crippen LogP contribution in [0.15, 0.2) is 107 Å². The third kappa shape index (κ3) is 4.64. The number of carbonyl (C=O) groups is 1. The zero-order valence-electron chi connectivity index (χ0n) is 20.2. The molecule has 8 nitrogen and oxygen atoms in total. The number of benzene rings is 4. The highest BCUT2D eigenvalue weighted by Crippen LogP contribution is 2.22. The smallest absolute Gasteiger partial charge is 0.295 e. The Labute approximate surface area is 213 Å². The highest BCUT2D eigenvalue weighted by molar-refractivity contribution is 7.92. The van der Waals surface area contributed by atoms with Crippen LogP contribution in [0.1, 0.15) is 16.1 Å². The average molecular weight is 513 g/mol. The third-order valence-electron chi connectivity index (χ3n) is 6.22. The van der Waals surface area contributed by atoms with Gasteiger partial charge in [-0.15, -0.1) is 0 Å². The molecular weight excluding hydrogens is 488 g/mol. The molecule has 0 spiro atoms. The first-order valence-electron chi connectivity index (χ1n) is 11.5. The number of hydrogen-bond donors (Lipinski definition) is 2. The molecule has 2 N–H and O–H groups in total. The van der Waals surface area contributed by atoms with Gasteiger partial charge in [0.25, 0.3) is 21.5 Å². The zero-order chi connectivity index (χ0) is 26.2. The van der Waals surface area contributed by atoms with Crippen molar-refractivity contribution in [2.45, 2.75) is 11.8 Å². The van der Waals surface area contributed by atoms with E-state index >= 15 is 0 Å². The van der Waals surface area contributed by atoms with E-state index in [1.807, 2.05) is 54.6 Å². The van der Waals surface area contributed by atoms with E-state index in [9.17, 15) is 18.0 Å². The van der Waals surface area contributed by atoms with Crippen molar-refractivity contribution >= 4 is 38.1 Å². The molecule has 0 unspecified atom stereocenters. The number of amides is 1. The van der Waals surface area contributed by atoms with E-state index in [4.69, 9.17) is 0 Å². The molecule has 1 heterocycles. The topological polar surface area (TPSA) is 102 Å². The van der Waals surface area contributed by atoms with Crippen LogP contribution < -0.4 is 15.6 Å². The molecule has 0 radical (unpaired) electrons. The van der Waals surface area contributed by atoms with Crippen LogP contribution >= 0.6 is 0 Å². The molecule has 0 aliphatic heterocycles. The number of carbonyl (C=O) groups excluding carboxylic acids is 1. The van der Waals surface area contributed by atoms with Gasteiger partial charge in [-0.2, -0.15) is 0 Å². The van der Waals surface area contributed by atoms with E-state index in [0.29, 0.717) is 17.1 Å². The molecule has 1 aromatic heterocycles. The molecule has 1 amide bonds. The van der Waals surface area contributed by atoms with Gasteiger partial charge in [0.2, 0.25) is 0 Å². The van der Waals surface area contributed by atoms with E-state index in [0.717, 1.165) is 10.8 Å². The second-order valence-electron chi connectivity index (χ2n) is 8.58. The minimum Gasteiger partial charge on any atom is -0.316 e. The summed E-state index contributed by atoms with van der Waals surface area (Å²) >= 11 is 0. The van der Waals surface area contributed by atoms with Crippen molar-refractivity contribution in [1.29, 1.82) is 0 Å². The zero-order valence-corrected chi connectivity index (χ0v) is 21.0. The normalized spacial score (nSPS) is 11.4. The Morgan fingerprint density at radius 3 is 2.16 bits per heavy atom. The number of rotatable bonds is 6. The molecule has 5 aromatic rings. The first kappa shape index (κ1) is 24.1. The van der Waals surface area contributed by atoms with Gasteiger partial charge in [0, 0.05) is 18.3 Å². The fraction of sp³-hybridized carbons (Fsp3) is 0.0714. The van der Waals surface area contributed by atoms with Crippen LogP contribution in [0.2, 0.25) is 0 Å². The van der Waals surface area contributed by atoms with Gasteiger partial charge in [-0.3, -0.25) is 19.0 Å². The second kappa shape index (κ2) is 9.44. The van der Waals surface area contributed by atoms with Crippen LogP contribution in [0.5, 0.6) is 0 Å². The number of nitrogens with one attached hydrogen (secondary N) is 2. The summed E-state index contributed by atoms with van der Waals surface area (Å²) in [6.45, 7) is 1.75. The van der Waals surface area contributed by atoms with Gasteiger partial charge in [0.15, 0.2) is 0 Å². The molecule has 4 aromatic carbocycles. The van der Waals surface area contributed by atoms with Gasteiger partial charge < -0.3 is 5.32 Å². The van der Waals surface area contributed by atoms with Gasteiger partial charge >= 0.3 is 0 Å². The summed E-state index contributed by atoms with van der Waals surface area (Å²) in [4.78, 5) is 26.1. The van der Waals surface area contributed by atoms with Crippen LogP contribution in [-0.2, 0) is 17.1 Å². The summed E-state index contributed by atoms with van der Waals surface area (Å²) in [6.07, 6.45) is 0. The SMILES string of the molecule is Cc1c(NC(=O)c2ccc(NS(=O)(=O)c3ccc4ccccc4c3)cc2)c(=O)n(-c2ccccc2)n1C. The highest BCUT2D eigenvalue weighted by atomic mass is 32.2. The van der Waals surface area contributed by atoms with Crippen LogP contribution in [0.25, 0.3) is 16.5 Å². The van der Waals surface area contributed by atoms with Crippen molar-refractivity contribution in [3.63, 3.8) is 0 Å². The summed E-state index contributed by atoms with van der Waals surface area (Å²) in [5.74, 6) is -0.477. The quantitative estimate of drug-likeness (QED) is 0.345. The number of anilines is 2. The Kier molecular flexibility index (Phi) is 6.14. The Morgan fingerprint density at radius 1 is 0.811 bits per heavy atom. The van der Waals surface area contributed by atoms with Crippen LogP contribution in [-0.4, -0.2) is 23.7 Å².